The highest BCUT2D eigenvalue weighted by atomic mass is 32.2. The minimum absolute atomic E-state index is 0.244. The molecule has 0 spiro atoms. The van der Waals surface area contributed by atoms with Crippen LogP contribution in [0.5, 0.6) is 11.5 Å². The van der Waals surface area contributed by atoms with Crippen molar-refractivity contribution in [1.82, 2.24) is 9.55 Å². The number of anilines is 1. The van der Waals surface area contributed by atoms with Crippen molar-refractivity contribution in [2.24, 2.45) is 5.14 Å². The van der Waals surface area contributed by atoms with E-state index in [2.05, 4.69) is 17.2 Å². The number of imidazole rings is 1. The number of carbonyl (C=O) groups is 1. The average molecular weight is 398 g/mol. The molecule has 1 aromatic heterocycles. The monoisotopic (exact) mass is 398 g/mol. The largest absolute Gasteiger partial charge is 0.454 e. The zero-order valence-electron chi connectivity index (χ0n) is 15.5. The van der Waals surface area contributed by atoms with E-state index in [1.54, 1.807) is 24.4 Å². The number of hydrogen-bond donors (Lipinski definition) is 2. The van der Waals surface area contributed by atoms with Gasteiger partial charge >= 0.3 is 0 Å². The second kappa shape index (κ2) is 9.29. The van der Waals surface area contributed by atoms with Gasteiger partial charge in [0.15, 0.2) is 5.75 Å². The van der Waals surface area contributed by atoms with Crippen LogP contribution in [0.15, 0.2) is 66.1 Å². The van der Waals surface area contributed by atoms with Crippen LogP contribution in [0.3, 0.4) is 0 Å². The Balaban J connectivity index is 2.07. The van der Waals surface area contributed by atoms with Crippen LogP contribution in [0.1, 0.15) is 30.1 Å². The predicted molar refractivity (Wildman–Crippen MR) is 109 cm³/mol. The molecule has 0 aliphatic heterocycles. The summed E-state index contributed by atoms with van der Waals surface area (Å²) in [4.78, 5) is 16.9. The Hall–Kier alpha value is -2.97. The van der Waals surface area contributed by atoms with Gasteiger partial charge in [0.05, 0.1) is 10.6 Å². The van der Waals surface area contributed by atoms with Gasteiger partial charge in [-0.25, -0.2) is 14.3 Å². The van der Waals surface area contributed by atoms with Crippen LogP contribution in [-0.4, -0.2) is 26.2 Å². The van der Waals surface area contributed by atoms with Gasteiger partial charge < -0.3 is 10.1 Å². The second-order valence-electron chi connectivity index (χ2n) is 6.12. The lowest BCUT2D eigenvalue weighted by Crippen LogP contribution is -2.14. The van der Waals surface area contributed by atoms with Crippen LogP contribution in [0.4, 0.5) is 5.69 Å². The Labute approximate surface area is 166 Å². The molecule has 0 saturated heterocycles. The van der Waals surface area contributed by atoms with Crippen molar-refractivity contribution < 1.29 is 13.7 Å². The third kappa shape index (κ3) is 4.65. The van der Waals surface area contributed by atoms with Gasteiger partial charge in [-0.2, -0.15) is 0 Å². The Morgan fingerprint density at radius 2 is 2.07 bits per heavy atom. The summed E-state index contributed by atoms with van der Waals surface area (Å²) in [7, 11) is -1.85. The third-order valence-corrected chi connectivity index (χ3v) is 4.80. The lowest BCUT2D eigenvalue weighted by Gasteiger charge is -2.17. The summed E-state index contributed by atoms with van der Waals surface area (Å²) in [5, 5.41) is 8.99. The van der Waals surface area contributed by atoms with Crippen molar-refractivity contribution in [2.75, 3.05) is 11.9 Å². The van der Waals surface area contributed by atoms with Gasteiger partial charge in [0.25, 0.3) is 5.91 Å². The van der Waals surface area contributed by atoms with Gasteiger partial charge in [0, 0.05) is 24.5 Å². The number of ether oxygens (including phenoxy) is 1. The number of para-hydroxylation sites is 1. The second-order valence-corrected chi connectivity index (χ2v) is 7.15. The van der Waals surface area contributed by atoms with Crippen molar-refractivity contribution in [3.05, 3.63) is 66.7 Å². The lowest BCUT2D eigenvalue weighted by atomic mass is 10.1. The van der Waals surface area contributed by atoms with Crippen molar-refractivity contribution >= 4 is 22.6 Å². The first-order chi connectivity index (χ1) is 13.6. The van der Waals surface area contributed by atoms with E-state index in [4.69, 9.17) is 9.88 Å². The van der Waals surface area contributed by atoms with Crippen LogP contribution in [0, 0.1) is 0 Å². The van der Waals surface area contributed by atoms with Crippen LogP contribution >= 0.6 is 0 Å². The van der Waals surface area contributed by atoms with E-state index in [1.165, 1.54) is 23.2 Å². The zero-order valence-corrected chi connectivity index (χ0v) is 16.3. The van der Waals surface area contributed by atoms with E-state index in [0.29, 0.717) is 29.3 Å². The third-order valence-electron chi connectivity index (χ3n) is 4.07. The number of unbranched alkanes of at least 4 members (excludes halogenated alkanes) is 1. The molecule has 1 atom stereocenters. The molecule has 146 valence electrons. The quantitative estimate of drug-likeness (QED) is 0.565. The maximum Gasteiger partial charge on any atom is 0.263 e. The molecule has 1 heterocycles. The first kappa shape index (κ1) is 19.8. The molecule has 7 nitrogen and oxygen atoms in total. The first-order valence-electron chi connectivity index (χ1n) is 8.93. The van der Waals surface area contributed by atoms with Gasteiger partial charge in [0.1, 0.15) is 23.1 Å². The summed E-state index contributed by atoms with van der Waals surface area (Å²) < 4.78 is 19.6. The Kier molecular flexibility index (Phi) is 6.57. The molecule has 0 fully saturated rings. The van der Waals surface area contributed by atoms with Crippen molar-refractivity contribution in [1.29, 1.82) is 0 Å². The van der Waals surface area contributed by atoms with Crippen LogP contribution in [0.2, 0.25) is 0 Å². The summed E-state index contributed by atoms with van der Waals surface area (Å²) in [6, 6.07) is 12.3. The van der Waals surface area contributed by atoms with Gasteiger partial charge in [0.2, 0.25) is 0 Å². The van der Waals surface area contributed by atoms with Crippen molar-refractivity contribution in [3.63, 3.8) is 0 Å². The SMILES string of the molecule is CCCCNc1cc(C(=O)n2ccnc2)cc(S(N)=O)c1Oc1ccccc1. The molecular formula is C20H22N4O3S. The summed E-state index contributed by atoms with van der Waals surface area (Å²) in [6.07, 6.45) is 6.43. The standard InChI is InChI=1S/C20H22N4O3S/c1-2-3-9-23-17-12-15(20(25)24-11-10-22-14-24)13-18(28(21)26)19(17)27-16-7-5-4-6-8-16/h4-8,10-14,23H,2-3,9,21H2,1H3. The highest BCUT2D eigenvalue weighted by molar-refractivity contribution is 7.82. The first-order valence-corrected chi connectivity index (χ1v) is 10.1. The number of nitrogens with one attached hydrogen (secondary N) is 1. The lowest BCUT2D eigenvalue weighted by molar-refractivity contribution is 0.0959. The highest BCUT2D eigenvalue weighted by Crippen LogP contribution is 2.36. The van der Waals surface area contributed by atoms with Crippen molar-refractivity contribution in [2.45, 2.75) is 24.7 Å². The highest BCUT2D eigenvalue weighted by Gasteiger charge is 2.20. The topological polar surface area (TPSA) is 99.2 Å². The van der Waals surface area contributed by atoms with Crippen LogP contribution in [0.25, 0.3) is 0 Å². The Bertz CT molecular complexity index is 959. The molecule has 3 aromatic rings. The molecule has 0 saturated carbocycles. The van der Waals surface area contributed by atoms with E-state index >= 15 is 0 Å². The fourth-order valence-corrected chi connectivity index (χ4v) is 3.22. The maximum atomic E-state index is 12.7. The fourth-order valence-electron chi connectivity index (χ4n) is 2.65. The minimum atomic E-state index is -1.85. The summed E-state index contributed by atoms with van der Waals surface area (Å²) >= 11 is 0. The molecule has 3 rings (SSSR count). The number of carbonyl (C=O) groups excluding carboxylic acids is 1. The molecule has 0 aliphatic carbocycles. The Morgan fingerprint density at radius 3 is 2.71 bits per heavy atom. The number of hydrogen-bond acceptors (Lipinski definition) is 5. The molecule has 0 aliphatic rings. The normalized spacial score (nSPS) is 11.8. The van der Waals surface area contributed by atoms with Gasteiger partial charge in [-0.05, 0) is 30.7 Å². The van der Waals surface area contributed by atoms with Crippen LogP contribution in [-0.2, 0) is 11.0 Å². The van der Waals surface area contributed by atoms with E-state index < -0.39 is 11.0 Å². The van der Waals surface area contributed by atoms with Crippen molar-refractivity contribution in [3.8, 4) is 11.5 Å². The zero-order chi connectivity index (χ0) is 19.9. The van der Waals surface area contributed by atoms with Crippen LogP contribution < -0.4 is 15.2 Å². The van der Waals surface area contributed by atoms with E-state index in [9.17, 15) is 9.00 Å². The minimum Gasteiger partial charge on any atom is -0.454 e. The number of nitrogens with two attached hydrogens (primary N) is 1. The van der Waals surface area contributed by atoms with Gasteiger partial charge in [-0.1, -0.05) is 31.5 Å². The molecule has 28 heavy (non-hydrogen) atoms. The molecule has 0 amide bonds. The smallest absolute Gasteiger partial charge is 0.263 e. The molecule has 3 N–H and O–H groups in total. The van der Waals surface area contributed by atoms with Gasteiger partial charge in [-0.3, -0.25) is 9.36 Å². The Morgan fingerprint density at radius 1 is 1.29 bits per heavy atom. The van der Waals surface area contributed by atoms with E-state index in [1.807, 2.05) is 18.2 Å². The molecule has 2 aromatic carbocycles. The molecular weight excluding hydrogens is 376 g/mol. The van der Waals surface area contributed by atoms with Gasteiger partial charge in [-0.15, -0.1) is 0 Å². The number of aromatic nitrogens is 2. The average Bonchev–Trinajstić information content (AvgIpc) is 3.24. The van der Waals surface area contributed by atoms with E-state index in [-0.39, 0.29) is 10.8 Å². The number of benzene rings is 2. The van der Waals surface area contributed by atoms with E-state index in [0.717, 1.165) is 12.8 Å². The summed E-state index contributed by atoms with van der Waals surface area (Å²) in [6.45, 7) is 2.77. The fraction of sp³-hybridized carbons (Fsp3) is 0.200. The molecule has 8 heteroatoms. The summed E-state index contributed by atoms with van der Waals surface area (Å²) in [5.41, 5.74) is 0.906. The molecule has 0 bridgehead atoms. The summed E-state index contributed by atoms with van der Waals surface area (Å²) in [5.74, 6) is 0.640. The predicted octanol–water partition coefficient (Wildman–Crippen LogP) is 3.56. The number of rotatable bonds is 8. The molecule has 0 radical (unpaired) electrons. The molecule has 1 unspecified atom stereocenters. The maximum absolute atomic E-state index is 12.7. The number of nitrogens with zero attached hydrogens (tertiary/aromatic N) is 2.